The van der Waals surface area contributed by atoms with Gasteiger partial charge in [-0.3, -0.25) is 0 Å². The number of benzene rings is 1. The SMILES string of the molecule is Cc1nc(C(C)(C)Cc2ccccc2Cl)sc1C(=O)O. The number of nitrogens with zero attached hydrogens (tertiary/aromatic N) is 1. The van der Waals surface area contributed by atoms with Crippen LogP contribution in [0.4, 0.5) is 0 Å². The van der Waals surface area contributed by atoms with Gasteiger partial charge >= 0.3 is 5.97 Å². The summed E-state index contributed by atoms with van der Waals surface area (Å²) >= 11 is 7.44. The molecule has 0 saturated heterocycles. The lowest BCUT2D eigenvalue weighted by Gasteiger charge is -2.22. The molecule has 2 rings (SSSR count). The Bertz CT molecular complexity index is 649. The third kappa shape index (κ3) is 3.02. The van der Waals surface area contributed by atoms with Crippen LogP contribution in [0.25, 0.3) is 0 Å². The Morgan fingerprint density at radius 2 is 2.05 bits per heavy atom. The maximum atomic E-state index is 11.1. The second-order valence-electron chi connectivity index (χ2n) is 5.39. The Morgan fingerprint density at radius 1 is 1.40 bits per heavy atom. The molecule has 0 aliphatic heterocycles. The van der Waals surface area contributed by atoms with Crippen molar-refractivity contribution in [1.82, 2.24) is 4.98 Å². The van der Waals surface area contributed by atoms with E-state index in [0.29, 0.717) is 10.6 Å². The monoisotopic (exact) mass is 309 g/mol. The molecule has 0 spiro atoms. The first-order valence-corrected chi connectivity index (χ1v) is 7.45. The topological polar surface area (TPSA) is 50.2 Å². The van der Waals surface area contributed by atoms with E-state index in [-0.39, 0.29) is 5.41 Å². The zero-order chi connectivity index (χ0) is 14.9. The van der Waals surface area contributed by atoms with E-state index in [1.54, 1.807) is 6.92 Å². The van der Waals surface area contributed by atoms with Gasteiger partial charge in [-0.05, 0) is 25.0 Å². The third-order valence-electron chi connectivity index (χ3n) is 3.16. The molecule has 0 radical (unpaired) electrons. The van der Waals surface area contributed by atoms with Crippen LogP contribution in [0.2, 0.25) is 5.02 Å². The lowest BCUT2D eigenvalue weighted by molar-refractivity contribution is 0.0701. The van der Waals surface area contributed by atoms with Crippen LogP contribution in [0.5, 0.6) is 0 Å². The number of carbonyl (C=O) groups is 1. The number of aromatic nitrogens is 1. The molecular weight excluding hydrogens is 294 g/mol. The fourth-order valence-corrected chi connectivity index (χ4v) is 3.29. The normalized spacial score (nSPS) is 11.6. The van der Waals surface area contributed by atoms with Gasteiger partial charge in [0.05, 0.1) is 10.7 Å². The molecule has 20 heavy (non-hydrogen) atoms. The minimum atomic E-state index is -0.917. The van der Waals surface area contributed by atoms with Crippen molar-refractivity contribution in [2.75, 3.05) is 0 Å². The Labute approximate surface area is 127 Å². The van der Waals surface area contributed by atoms with Crippen molar-refractivity contribution >= 4 is 28.9 Å². The number of halogens is 1. The van der Waals surface area contributed by atoms with Gasteiger partial charge in [-0.1, -0.05) is 43.6 Å². The van der Waals surface area contributed by atoms with Crippen LogP contribution < -0.4 is 0 Å². The quantitative estimate of drug-likeness (QED) is 0.915. The molecule has 1 aromatic carbocycles. The Morgan fingerprint density at radius 3 is 2.60 bits per heavy atom. The molecule has 0 bridgehead atoms. The molecule has 0 aliphatic carbocycles. The fraction of sp³-hybridized carbons (Fsp3) is 0.333. The van der Waals surface area contributed by atoms with Crippen LogP contribution in [-0.4, -0.2) is 16.1 Å². The smallest absolute Gasteiger partial charge is 0.347 e. The van der Waals surface area contributed by atoms with Gasteiger partial charge < -0.3 is 5.11 Å². The summed E-state index contributed by atoms with van der Waals surface area (Å²) in [6.07, 6.45) is 0.721. The van der Waals surface area contributed by atoms with E-state index in [1.807, 2.05) is 24.3 Å². The average molecular weight is 310 g/mol. The highest BCUT2D eigenvalue weighted by molar-refractivity contribution is 7.13. The van der Waals surface area contributed by atoms with Gasteiger partial charge in [-0.2, -0.15) is 0 Å². The molecule has 0 atom stereocenters. The number of aryl methyl sites for hydroxylation is 1. The van der Waals surface area contributed by atoms with E-state index in [1.165, 1.54) is 11.3 Å². The Balaban J connectivity index is 2.33. The molecule has 3 nitrogen and oxygen atoms in total. The first kappa shape index (κ1) is 15.0. The second kappa shape index (κ2) is 5.54. The summed E-state index contributed by atoms with van der Waals surface area (Å²) in [5.41, 5.74) is 1.36. The summed E-state index contributed by atoms with van der Waals surface area (Å²) < 4.78 is 0. The summed E-state index contributed by atoms with van der Waals surface area (Å²) in [7, 11) is 0. The van der Waals surface area contributed by atoms with Gasteiger partial charge in [0.25, 0.3) is 0 Å². The van der Waals surface area contributed by atoms with Gasteiger partial charge in [0.2, 0.25) is 0 Å². The van der Waals surface area contributed by atoms with Crippen LogP contribution in [0, 0.1) is 6.92 Å². The molecule has 5 heteroatoms. The highest BCUT2D eigenvalue weighted by Gasteiger charge is 2.28. The van der Waals surface area contributed by atoms with E-state index in [4.69, 9.17) is 16.7 Å². The first-order chi connectivity index (χ1) is 9.31. The number of hydrogen-bond acceptors (Lipinski definition) is 3. The highest BCUT2D eigenvalue weighted by atomic mass is 35.5. The summed E-state index contributed by atoms with van der Waals surface area (Å²) in [5.74, 6) is -0.917. The number of rotatable bonds is 4. The minimum Gasteiger partial charge on any atom is -0.477 e. The van der Waals surface area contributed by atoms with Crippen molar-refractivity contribution < 1.29 is 9.90 Å². The molecule has 2 aromatic rings. The predicted octanol–water partition coefficient (Wildman–Crippen LogP) is 4.32. The zero-order valence-corrected chi connectivity index (χ0v) is 13.2. The molecule has 0 saturated carbocycles. The van der Waals surface area contributed by atoms with Gasteiger partial charge in [-0.25, -0.2) is 9.78 Å². The molecule has 0 fully saturated rings. The van der Waals surface area contributed by atoms with Crippen molar-refractivity contribution in [2.24, 2.45) is 0 Å². The van der Waals surface area contributed by atoms with Gasteiger partial charge in [-0.15, -0.1) is 11.3 Å². The minimum absolute atomic E-state index is 0.256. The maximum absolute atomic E-state index is 11.1. The molecule has 1 N–H and O–H groups in total. The van der Waals surface area contributed by atoms with Crippen molar-refractivity contribution in [3.8, 4) is 0 Å². The number of carboxylic acids is 1. The summed E-state index contributed by atoms with van der Waals surface area (Å²) in [4.78, 5) is 15.9. The van der Waals surface area contributed by atoms with E-state index < -0.39 is 5.97 Å². The first-order valence-electron chi connectivity index (χ1n) is 6.26. The molecule has 0 amide bonds. The second-order valence-corrected chi connectivity index (χ2v) is 6.80. The number of carboxylic acid groups (broad SMARTS) is 1. The van der Waals surface area contributed by atoms with Crippen LogP contribution in [0.1, 0.15) is 39.8 Å². The van der Waals surface area contributed by atoms with Crippen LogP contribution >= 0.6 is 22.9 Å². The molecule has 106 valence electrons. The van der Waals surface area contributed by atoms with E-state index >= 15 is 0 Å². The van der Waals surface area contributed by atoms with Crippen molar-refractivity contribution in [3.05, 3.63) is 50.4 Å². The zero-order valence-electron chi connectivity index (χ0n) is 11.6. The molecule has 0 unspecified atom stereocenters. The van der Waals surface area contributed by atoms with Crippen molar-refractivity contribution in [3.63, 3.8) is 0 Å². The van der Waals surface area contributed by atoms with Gasteiger partial charge in [0.15, 0.2) is 0 Å². The fourth-order valence-electron chi connectivity index (χ4n) is 2.08. The summed E-state index contributed by atoms with van der Waals surface area (Å²) in [5, 5.41) is 10.7. The van der Waals surface area contributed by atoms with Crippen molar-refractivity contribution in [2.45, 2.75) is 32.6 Å². The number of hydrogen-bond donors (Lipinski definition) is 1. The third-order valence-corrected chi connectivity index (χ3v) is 5.04. The molecule has 0 aliphatic rings. The number of aromatic carboxylic acids is 1. The highest BCUT2D eigenvalue weighted by Crippen LogP contribution is 2.34. The van der Waals surface area contributed by atoms with Crippen LogP contribution in [0.3, 0.4) is 0 Å². The maximum Gasteiger partial charge on any atom is 0.347 e. The van der Waals surface area contributed by atoms with E-state index in [2.05, 4.69) is 18.8 Å². The Hall–Kier alpha value is -1.39. The molecular formula is C15H16ClNO2S. The lowest BCUT2D eigenvalue weighted by atomic mass is 9.86. The largest absolute Gasteiger partial charge is 0.477 e. The molecule has 1 heterocycles. The molecule has 1 aromatic heterocycles. The summed E-state index contributed by atoms with van der Waals surface area (Å²) in [6, 6.07) is 7.70. The van der Waals surface area contributed by atoms with Gasteiger partial charge in [0, 0.05) is 10.4 Å². The predicted molar refractivity (Wildman–Crippen MR) is 82.0 cm³/mol. The van der Waals surface area contributed by atoms with E-state index in [9.17, 15) is 4.79 Å². The van der Waals surface area contributed by atoms with Crippen LogP contribution in [-0.2, 0) is 11.8 Å². The summed E-state index contributed by atoms with van der Waals surface area (Å²) in [6.45, 7) is 5.84. The average Bonchev–Trinajstić information content (AvgIpc) is 2.75. The number of thiazole rings is 1. The van der Waals surface area contributed by atoms with Gasteiger partial charge in [0.1, 0.15) is 4.88 Å². The Kier molecular flexibility index (Phi) is 4.16. The van der Waals surface area contributed by atoms with Crippen molar-refractivity contribution in [1.29, 1.82) is 0 Å². The van der Waals surface area contributed by atoms with E-state index in [0.717, 1.165) is 22.0 Å². The lowest BCUT2D eigenvalue weighted by Crippen LogP contribution is -2.20. The van der Waals surface area contributed by atoms with Crippen LogP contribution in [0.15, 0.2) is 24.3 Å². The standard InChI is InChI=1S/C15H16ClNO2S/c1-9-12(13(18)19)20-14(17-9)15(2,3)8-10-6-4-5-7-11(10)16/h4-7H,8H2,1-3H3,(H,18,19).